The van der Waals surface area contributed by atoms with Gasteiger partial charge >= 0.3 is 5.97 Å². The second-order valence-electron chi connectivity index (χ2n) is 9.49. The van der Waals surface area contributed by atoms with Crippen LogP contribution in [-0.4, -0.2) is 42.4 Å². The number of carbonyl (C=O) groups is 1. The van der Waals surface area contributed by atoms with Gasteiger partial charge in [0.25, 0.3) is 5.56 Å². The molecule has 9 nitrogen and oxygen atoms in total. The van der Waals surface area contributed by atoms with E-state index in [1.165, 1.54) is 10.8 Å². The number of aliphatic hydroxyl groups is 1. The molecule has 1 aliphatic carbocycles. The largest absolute Gasteiger partial charge is 0.497 e. The van der Waals surface area contributed by atoms with Crippen molar-refractivity contribution in [1.29, 1.82) is 0 Å². The average molecular weight is 497 g/mol. The van der Waals surface area contributed by atoms with Gasteiger partial charge in [0.15, 0.2) is 15.4 Å². The van der Waals surface area contributed by atoms with Gasteiger partial charge in [-0.2, -0.15) is 0 Å². The monoisotopic (exact) mass is 496 g/mol. The summed E-state index contributed by atoms with van der Waals surface area (Å²) in [5.41, 5.74) is 1.99. The normalized spacial score (nSPS) is 22.4. The van der Waals surface area contributed by atoms with Gasteiger partial charge in [0.2, 0.25) is 0 Å². The van der Waals surface area contributed by atoms with Crippen molar-refractivity contribution in [3.63, 3.8) is 0 Å². The second-order valence-corrected chi connectivity index (χ2v) is 11.7. The van der Waals surface area contributed by atoms with Crippen molar-refractivity contribution in [3.8, 4) is 17.1 Å². The Labute approximate surface area is 201 Å². The fourth-order valence-corrected chi connectivity index (χ4v) is 7.07. The molecule has 0 saturated carbocycles. The fourth-order valence-electron chi connectivity index (χ4n) is 5.83. The highest BCUT2D eigenvalue weighted by Crippen LogP contribution is 2.47. The summed E-state index contributed by atoms with van der Waals surface area (Å²) in [5, 5.41) is 11.2. The van der Waals surface area contributed by atoms with Crippen LogP contribution < -0.4 is 10.3 Å². The number of rotatable bonds is 3. The van der Waals surface area contributed by atoms with Gasteiger partial charge < -0.3 is 19.1 Å². The van der Waals surface area contributed by atoms with E-state index in [1.807, 2.05) is 6.07 Å². The highest BCUT2D eigenvalue weighted by atomic mass is 32.2. The Morgan fingerprint density at radius 1 is 1.26 bits per heavy atom. The van der Waals surface area contributed by atoms with Gasteiger partial charge in [-0.1, -0.05) is 6.92 Å². The van der Waals surface area contributed by atoms with E-state index >= 15 is 0 Å². The quantitative estimate of drug-likeness (QED) is 0.428. The minimum absolute atomic E-state index is 0.0433. The van der Waals surface area contributed by atoms with E-state index in [4.69, 9.17) is 14.5 Å². The van der Waals surface area contributed by atoms with Crippen LogP contribution in [0.5, 0.6) is 5.75 Å². The van der Waals surface area contributed by atoms with E-state index in [1.54, 1.807) is 26.2 Å². The van der Waals surface area contributed by atoms with Gasteiger partial charge in [-0.3, -0.25) is 4.79 Å². The minimum Gasteiger partial charge on any atom is -0.497 e. The van der Waals surface area contributed by atoms with E-state index in [-0.39, 0.29) is 36.3 Å². The van der Waals surface area contributed by atoms with Crippen molar-refractivity contribution in [1.82, 2.24) is 9.55 Å². The van der Waals surface area contributed by atoms with E-state index in [9.17, 15) is 23.1 Å². The number of carbonyl (C=O) groups excluding carboxylic acids is 1. The molecule has 35 heavy (non-hydrogen) atoms. The summed E-state index contributed by atoms with van der Waals surface area (Å²) in [6.07, 6.45) is 2.27. The first-order valence-corrected chi connectivity index (χ1v) is 13.4. The van der Waals surface area contributed by atoms with Gasteiger partial charge in [-0.25, -0.2) is 18.2 Å². The predicted molar refractivity (Wildman–Crippen MR) is 127 cm³/mol. The van der Waals surface area contributed by atoms with E-state index in [2.05, 4.69) is 0 Å². The maximum atomic E-state index is 13.5. The molecular formula is C25H24N2O7S. The minimum atomic E-state index is -3.45. The molecule has 3 aliphatic rings. The summed E-state index contributed by atoms with van der Waals surface area (Å²) in [6, 6.07) is 5.32. The maximum Gasteiger partial charge on any atom is 0.343 e. The zero-order valence-electron chi connectivity index (χ0n) is 19.5. The molecule has 0 radical (unpaired) electrons. The molecule has 0 amide bonds. The van der Waals surface area contributed by atoms with Gasteiger partial charge in [-0.15, -0.1) is 0 Å². The molecule has 2 aliphatic heterocycles. The first-order chi connectivity index (χ1) is 16.6. The van der Waals surface area contributed by atoms with Crippen LogP contribution in [0.1, 0.15) is 52.8 Å². The van der Waals surface area contributed by atoms with Crippen LogP contribution in [0.15, 0.2) is 23.0 Å². The molecule has 0 spiro atoms. The third-order valence-electron chi connectivity index (χ3n) is 7.64. The Kier molecular flexibility index (Phi) is 4.54. The molecule has 0 bridgehead atoms. The summed E-state index contributed by atoms with van der Waals surface area (Å²) >= 11 is 0. The molecule has 4 heterocycles. The highest BCUT2D eigenvalue weighted by Gasteiger charge is 2.46. The molecule has 182 valence electrons. The zero-order chi connectivity index (χ0) is 24.9. The number of aryl methyl sites for hydroxylation is 1. The van der Waals surface area contributed by atoms with Crippen molar-refractivity contribution in [2.24, 2.45) is 0 Å². The number of hydrogen-bond acceptors (Lipinski definition) is 8. The first kappa shape index (κ1) is 22.2. The lowest BCUT2D eigenvalue weighted by Gasteiger charge is -2.31. The number of fused-ring (bicyclic) bond motifs is 5. The van der Waals surface area contributed by atoms with Gasteiger partial charge in [0.05, 0.1) is 41.4 Å². The summed E-state index contributed by atoms with van der Waals surface area (Å²) in [4.78, 5) is 30.8. The summed E-state index contributed by atoms with van der Waals surface area (Å²) in [6.45, 7) is 1.59. The predicted octanol–water partition coefficient (Wildman–Crippen LogP) is 2.12. The van der Waals surface area contributed by atoms with E-state index in [0.29, 0.717) is 46.6 Å². The summed E-state index contributed by atoms with van der Waals surface area (Å²) < 4.78 is 37.9. The third kappa shape index (κ3) is 2.89. The number of esters is 1. The number of pyridine rings is 2. The Bertz CT molecular complexity index is 1640. The topological polar surface area (TPSA) is 125 Å². The zero-order valence-corrected chi connectivity index (χ0v) is 20.4. The van der Waals surface area contributed by atoms with Gasteiger partial charge in [0, 0.05) is 28.8 Å². The molecule has 2 atom stereocenters. The van der Waals surface area contributed by atoms with Crippen molar-refractivity contribution in [2.75, 3.05) is 13.4 Å². The van der Waals surface area contributed by atoms with Crippen LogP contribution in [0, 0.1) is 0 Å². The number of nitrogens with zero attached hydrogens (tertiary/aromatic N) is 2. The number of aromatic nitrogens is 2. The van der Waals surface area contributed by atoms with Gasteiger partial charge in [0.1, 0.15) is 12.4 Å². The molecule has 6 rings (SSSR count). The molecule has 3 aromatic rings. The Hall–Kier alpha value is -3.24. The van der Waals surface area contributed by atoms with Crippen molar-refractivity contribution >= 4 is 26.7 Å². The number of methoxy groups -OCH3 is 1. The maximum absolute atomic E-state index is 13.5. The van der Waals surface area contributed by atoms with E-state index in [0.717, 1.165) is 10.9 Å². The van der Waals surface area contributed by atoms with Crippen LogP contribution in [0.3, 0.4) is 0 Å². The fraction of sp³-hybridized carbons (Fsp3) is 0.400. The highest BCUT2D eigenvalue weighted by molar-refractivity contribution is 7.90. The van der Waals surface area contributed by atoms with E-state index < -0.39 is 26.7 Å². The molecule has 1 unspecified atom stereocenters. The summed E-state index contributed by atoms with van der Waals surface area (Å²) in [7, 11) is -1.88. The molecule has 10 heteroatoms. The number of sulfone groups is 1. The standard InChI is InChI=1S/C25H24N2O7S/c1-4-25(30)16-9-18-22-14(10-27(18)23(28)15(16)11-34-24(25)29)21-19(35(3,31)32)6-5-12-7-13(33-2)8-17(26-22)20(12)21/h7-9,19,30H,4-6,10-11H2,1-3H3/t19?,25-/m0/s1. The number of hydrogen-bond donors (Lipinski definition) is 1. The van der Waals surface area contributed by atoms with Crippen LogP contribution in [-0.2, 0) is 44.5 Å². The lowest BCUT2D eigenvalue weighted by molar-refractivity contribution is -0.172. The number of ether oxygens (including phenoxy) is 2. The Morgan fingerprint density at radius 3 is 2.71 bits per heavy atom. The van der Waals surface area contributed by atoms with Crippen LogP contribution in [0.2, 0.25) is 0 Å². The summed E-state index contributed by atoms with van der Waals surface area (Å²) in [5.74, 6) is -0.171. The molecule has 1 N–H and O–H groups in total. The second kappa shape index (κ2) is 7.14. The SMILES string of the molecule is CC[C@@]1(O)C(=O)OCc2c1cc1n(c2=O)Cc2c-1nc1cc(OC)cc3c1c2C(S(C)(=O)=O)CC3. The molecule has 0 fully saturated rings. The molecule has 1 aromatic carbocycles. The van der Waals surface area contributed by atoms with Crippen molar-refractivity contribution in [3.05, 3.63) is 56.4 Å². The van der Waals surface area contributed by atoms with Crippen LogP contribution in [0.4, 0.5) is 0 Å². The van der Waals surface area contributed by atoms with Crippen LogP contribution in [0.25, 0.3) is 22.3 Å². The number of cyclic esters (lactones) is 1. The lowest BCUT2D eigenvalue weighted by Crippen LogP contribution is -2.44. The van der Waals surface area contributed by atoms with Crippen molar-refractivity contribution < 1.29 is 27.8 Å². The Morgan fingerprint density at radius 2 is 2.03 bits per heavy atom. The molecule has 2 aromatic heterocycles. The molecular weight excluding hydrogens is 472 g/mol. The lowest BCUT2D eigenvalue weighted by atomic mass is 9.85. The van der Waals surface area contributed by atoms with Crippen molar-refractivity contribution in [2.45, 2.75) is 50.2 Å². The smallest absolute Gasteiger partial charge is 0.343 e. The first-order valence-electron chi connectivity index (χ1n) is 11.5. The van der Waals surface area contributed by atoms with Gasteiger partial charge in [-0.05, 0) is 42.5 Å². The average Bonchev–Trinajstić information content (AvgIpc) is 3.20. The number of benzene rings is 1. The third-order valence-corrected chi connectivity index (χ3v) is 9.14. The molecule has 0 saturated heterocycles. The van der Waals surface area contributed by atoms with Crippen LogP contribution >= 0.6 is 0 Å². The Balaban J connectivity index is 1.71.